The molecule has 5 nitrogen and oxygen atoms in total. The maximum Gasteiger partial charge on any atom is 0.500 e. The first-order valence-corrected chi connectivity index (χ1v) is 6.80. The molecule has 0 aromatic carbocycles. The number of aliphatic carboxylic acids is 1. The molecule has 0 radical (unpaired) electrons. The predicted molar refractivity (Wildman–Crippen MR) is 57.6 cm³/mol. The Morgan fingerprint density at radius 2 is 1.73 bits per heavy atom. The summed E-state index contributed by atoms with van der Waals surface area (Å²) in [6.07, 6.45) is 0.898. The summed E-state index contributed by atoms with van der Waals surface area (Å²) in [5, 5.41) is 8.60. The fourth-order valence-corrected chi connectivity index (χ4v) is 3.34. The van der Waals surface area contributed by atoms with Crippen molar-refractivity contribution in [2.45, 2.75) is 25.8 Å². The molecule has 0 heterocycles. The van der Waals surface area contributed by atoms with Crippen molar-refractivity contribution in [3.63, 3.8) is 0 Å². The summed E-state index contributed by atoms with van der Waals surface area (Å²) in [7, 11) is 2.15. The van der Waals surface area contributed by atoms with Gasteiger partial charge >= 0.3 is 14.8 Å². The molecule has 0 aliphatic rings. The number of carboxylic acid groups (broad SMARTS) is 1. The molecule has 0 aliphatic heterocycles. The van der Waals surface area contributed by atoms with E-state index in [-0.39, 0.29) is 12.3 Å². The zero-order chi connectivity index (χ0) is 11.9. The molecule has 90 valence electrons. The number of hydrogen-bond acceptors (Lipinski definition) is 4. The Morgan fingerprint density at radius 1 is 1.27 bits per heavy atom. The molecular weight excluding hydrogens is 216 g/mol. The van der Waals surface area contributed by atoms with Gasteiger partial charge in [-0.15, -0.1) is 0 Å². The lowest BCUT2D eigenvalue weighted by molar-refractivity contribution is -0.138. The number of hydrogen-bond donors (Lipinski definition) is 1. The molecule has 0 rings (SSSR count). The summed E-state index contributed by atoms with van der Waals surface area (Å²) in [6, 6.07) is 0.644. The molecule has 0 saturated carbocycles. The first kappa shape index (κ1) is 14.6. The van der Waals surface area contributed by atoms with E-state index < -0.39 is 14.8 Å². The Hall–Kier alpha value is -0.433. The largest absolute Gasteiger partial charge is 0.500 e. The van der Waals surface area contributed by atoms with E-state index in [0.717, 1.165) is 6.42 Å². The summed E-state index contributed by atoms with van der Waals surface area (Å²) < 4.78 is 15.7. The van der Waals surface area contributed by atoms with Crippen LogP contribution in [0, 0.1) is 5.92 Å². The highest BCUT2D eigenvalue weighted by Gasteiger charge is 2.37. The van der Waals surface area contributed by atoms with Crippen LogP contribution in [0.2, 0.25) is 6.04 Å². The SMILES string of the molecule is CO[Si](CCC(C)CC(=O)O)(OC)OC. The first-order valence-electron chi connectivity index (χ1n) is 4.87. The van der Waals surface area contributed by atoms with Gasteiger partial charge in [0.05, 0.1) is 0 Å². The first-order chi connectivity index (χ1) is 6.99. The fraction of sp³-hybridized carbons (Fsp3) is 0.889. The molecular formula is C9H20O5Si. The van der Waals surface area contributed by atoms with Crippen molar-refractivity contribution in [2.24, 2.45) is 5.92 Å². The molecule has 0 amide bonds. The van der Waals surface area contributed by atoms with Crippen LogP contribution in [0.3, 0.4) is 0 Å². The lowest BCUT2D eigenvalue weighted by Crippen LogP contribution is -2.42. The van der Waals surface area contributed by atoms with Gasteiger partial charge in [-0.1, -0.05) is 6.92 Å². The van der Waals surface area contributed by atoms with Crippen molar-refractivity contribution >= 4 is 14.8 Å². The van der Waals surface area contributed by atoms with Crippen molar-refractivity contribution in [3.05, 3.63) is 0 Å². The van der Waals surface area contributed by atoms with Crippen LogP contribution in [-0.4, -0.2) is 41.2 Å². The van der Waals surface area contributed by atoms with Gasteiger partial charge in [-0.2, -0.15) is 0 Å². The minimum atomic E-state index is -2.52. The molecule has 1 N–H and O–H groups in total. The second kappa shape index (κ2) is 6.94. The third-order valence-electron chi connectivity index (χ3n) is 2.40. The quantitative estimate of drug-likeness (QED) is 0.645. The molecule has 0 fully saturated rings. The molecule has 0 aliphatic carbocycles. The highest BCUT2D eigenvalue weighted by atomic mass is 28.4. The second-order valence-corrected chi connectivity index (χ2v) is 6.63. The Morgan fingerprint density at radius 3 is 2.07 bits per heavy atom. The molecule has 15 heavy (non-hydrogen) atoms. The maximum absolute atomic E-state index is 10.5. The van der Waals surface area contributed by atoms with Crippen LogP contribution in [0.25, 0.3) is 0 Å². The summed E-state index contributed by atoms with van der Waals surface area (Å²) in [4.78, 5) is 10.5. The highest BCUT2D eigenvalue weighted by molar-refractivity contribution is 6.60. The van der Waals surface area contributed by atoms with Crippen LogP contribution in [-0.2, 0) is 18.1 Å². The molecule has 0 spiro atoms. The maximum atomic E-state index is 10.5. The lowest BCUT2D eigenvalue weighted by atomic mass is 10.1. The van der Waals surface area contributed by atoms with E-state index in [0.29, 0.717) is 6.04 Å². The minimum Gasteiger partial charge on any atom is -0.481 e. The van der Waals surface area contributed by atoms with Crippen LogP contribution in [0.15, 0.2) is 0 Å². The second-order valence-electron chi connectivity index (χ2n) is 3.54. The molecule has 1 atom stereocenters. The smallest absolute Gasteiger partial charge is 0.481 e. The van der Waals surface area contributed by atoms with Crippen LogP contribution in [0.1, 0.15) is 19.8 Å². The van der Waals surface area contributed by atoms with Crippen LogP contribution in [0.4, 0.5) is 0 Å². The van der Waals surface area contributed by atoms with Crippen molar-refractivity contribution < 1.29 is 23.2 Å². The van der Waals surface area contributed by atoms with E-state index in [1.54, 1.807) is 21.3 Å². The van der Waals surface area contributed by atoms with Crippen molar-refractivity contribution in [1.29, 1.82) is 0 Å². The average molecular weight is 236 g/mol. The average Bonchev–Trinajstić information content (AvgIpc) is 2.20. The van der Waals surface area contributed by atoms with E-state index in [4.69, 9.17) is 18.4 Å². The molecule has 6 heteroatoms. The van der Waals surface area contributed by atoms with Gasteiger partial charge in [-0.05, 0) is 12.3 Å². The number of carboxylic acids is 1. The topological polar surface area (TPSA) is 65.0 Å². The Kier molecular flexibility index (Phi) is 6.74. The number of rotatable bonds is 8. The highest BCUT2D eigenvalue weighted by Crippen LogP contribution is 2.20. The van der Waals surface area contributed by atoms with Crippen molar-refractivity contribution in [3.8, 4) is 0 Å². The van der Waals surface area contributed by atoms with E-state index in [1.807, 2.05) is 6.92 Å². The van der Waals surface area contributed by atoms with E-state index in [2.05, 4.69) is 0 Å². The zero-order valence-electron chi connectivity index (χ0n) is 9.78. The van der Waals surface area contributed by atoms with Gasteiger partial charge in [0.1, 0.15) is 0 Å². The van der Waals surface area contributed by atoms with Crippen LogP contribution >= 0.6 is 0 Å². The van der Waals surface area contributed by atoms with Gasteiger partial charge in [0, 0.05) is 33.8 Å². The Bertz CT molecular complexity index is 185. The molecule has 1 unspecified atom stereocenters. The van der Waals surface area contributed by atoms with E-state index in [1.165, 1.54) is 0 Å². The predicted octanol–water partition coefficient (Wildman–Crippen LogP) is 1.37. The van der Waals surface area contributed by atoms with E-state index >= 15 is 0 Å². The summed E-state index contributed by atoms with van der Waals surface area (Å²) in [5.41, 5.74) is 0. The lowest BCUT2D eigenvalue weighted by Gasteiger charge is -2.25. The van der Waals surface area contributed by atoms with Crippen molar-refractivity contribution in [2.75, 3.05) is 21.3 Å². The normalized spacial score (nSPS) is 13.9. The van der Waals surface area contributed by atoms with Gasteiger partial charge < -0.3 is 18.4 Å². The third kappa shape index (κ3) is 5.27. The van der Waals surface area contributed by atoms with Gasteiger partial charge in [0.2, 0.25) is 0 Å². The third-order valence-corrected chi connectivity index (χ3v) is 5.17. The van der Waals surface area contributed by atoms with Crippen LogP contribution < -0.4 is 0 Å². The Labute approximate surface area is 91.7 Å². The van der Waals surface area contributed by atoms with Gasteiger partial charge in [-0.3, -0.25) is 4.79 Å². The molecule has 0 aromatic heterocycles. The molecule has 0 bridgehead atoms. The van der Waals surface area contributed by atoms with Gasteiger partial charge in [0.25, 0.3) is 0 Å². The van der Waals surface area contributed by atoms with Gasteiger partial charge in [-0.25, -0.2) is 0 Å². The molecule has 0 aromatic rings. The minimum absolute atomic E-state index is 0.106. The fourth-order valence-electron chi connectivity index (χ4n) is 1.38. The standard InChI is InChI=1S/C9H20O5Si/c1-8(7-9(10)11)5-6-15(12-2,13-3)14-4/h8H,5-7H2,1-4H3,(H,10,11). The summed E-state index contributed by atoms with van der Waals surface area (Å²) in [6.45, 7) is 1.90. The summed E-state index contributed by atoms with van der Waals surface area (Å²) in [5.74, 6) is -0.670. The van der Waals surface area contributed by atoms with Crippen LogP contribution in [0.5, 0.6) is 0 Å². The monoisotopic (exact) mass is 236 g/mol. The van der Waals surface area contributed by atoms with E-state index in [9.17, 15) is 4.79 Å². The van der Waals surface area contributed by atoms with Gasteiger partial charge in [0.15, 0.2) is 0 Å². The number of carbonyl (C=O) groups is 1. The summed E-state index contributed by atoms with van der Waals surface area (Å²) >= 11 is 0. The Balaban J connectivity index is 4.04. The van der Waals surface area contributed by atoms with Crippen molar-refractivity contribution in [1.82, 2.24) is 0 Å². The zero-order valence-corrected chi connectivity index (χ0v) is 10.8. The molecule has 0 saturated heterocycles.